The maximum Gasteiger partial charge on any atom is 0.178 e. The molecule has 2 aromatic rings. The molecule has 3 nitrogen and oxygen atoms in total. The van der Waals surface area contributed by atoms with Crippen LogP contribution in [0.1, 0.15) is 24.2 Å². The Morgan fingerprint density at radius 1 is 1.47 bits per heavy atom. The summed E-state index contributed by atoms with van der Waals surface area (Å²) in [6.45, 7) is 4.37. The Labute approximate surface area is 105 Å². The van der Waals surface area contributed by atoms with Gasteiger partial charge in [0, 0.05) is 33.7 Å². The molecule has 0 unspecified atom stereocenters. The molecule has 1 aromatic heterocycles. The molecule has 0 atom stereocenters. The molecule has 2 N–H and O–H groups in total. The van der Waals surface area contributed by atoms with Crippen LogP contribution in [-0.2, 0) is 0 Å². The van der Waals surface area contributed by atoms with E-state index in [1.807, 2.05) is 26.0 Å². The predicted molar refractivity (Wildman–Crippen MR) is 70.8 cm³/mol. The SMILES string of the molecule is CC(C)NCC(=O)c1c[nH]c2ccc(Cl)cc12. The zero-order valence-electron chi connectivity index (χ0n) is 9.88. The van der Waals surface area contributed by atoms with Crippen molar-refractivity contribution in [3.05, 3.63) is 35.0 Å². The van der Waals surface area contributed by atoms with Crippen LogP contribution < -0.4 is 5.32 Å². The lowest BCUT2D eigenvalue weighted by atomic mass is 10.1. The van der Waals surface area contributed by atoms with Crippen molar-refractivity contribution in [2.45, 2.75) is 19.9 Å². The number of benzene rings is 1. The number of carbonyl (C=O) groups excluding carboxylic acids is 1. The van der Waals surface area contributed by atoms with Crippen molar-refractivity contribution in [3.8, 4) is 0 Å². The predicted octanol–water partition coefficient (Wildman–Crippen LogP) is 3.00. The highest BCUT2D eigenvalue weighted by atomic mass is 35.5. The van der Waals surface area contributed by atoms with Crippen LogP contribution in [0.25, 0.3) is 10.9 Å². The largest absolute Gasteiger partial charge is 0.360 e. The molecule has 0 aliphatic heterocycles. The first kappa shape index (κ1) is 12.1. The van der Waals surface area contributed by atoms with Crippen LogP contribution in [0.2, 0.25) is 5.02 Å². The second-order valence-electron chi connectivity index (χ2n) is 4.35. The first-order chi connectivity index (χ1) is 8.08. The van der Waals surface area contributed by atoms with Gasteiger partial charge in [0.2, 0.25) is 0 Å². The molecule has 1 aromatic carbocycles. The summed E-state index contributed by atoms with van der Waals surface area (Å²) in [6, 6.07) is 5.80. The number of nitrogens with one attached hydrogen (secondary N) is 2. The van der Waals surface area contributed by atoms with E-state index in [4.69, 9.17) is 11.6 Å². The molecule has 0 aliphatic carbocycles. The van der Waals surface area contributed by atoms with Gasteiger partial charge in [-0.2, -0.15) is 0 Å². The van der Waals surface area contributed by atoms with Gasteiger partial charge in [0.1, 0.15) is 0 Å². The summed E-state index contributed by atoms with van der Waals surface area (Å²) in [4.78, 5) is 15.1. The summed E-state index contributed by atoms with van der Waals surface area (Å²) < 4.78 is 0. The first-order valence-corrected chi connectivity index (χ1v) is 5.99. The van der Waals surface area contributed by atoms with Crippen LogP contribution in [0.5, 0.6) is 0 Å². The summed E-state index contributed by atoms with van der Waals surface area (Å²) >= 11 is 5.94. The van der Waals surface area contributed by atoms with E-state index in [1.54, 1.807) is 12.3 Å². The van der Waals surface area contributed by atoms with E-state index in [-0.39, 0.29) is 5.78 Å². The molecule has 0 spiro atoms. The van der Waals surface area contributed by atoms with Gasteiger partial charge in [-0.3, -0.25) is 4.79 Å². The van der Waals surface area contributed by atoms with Crippen molar-refractivity contribution in [2.75, 3.05) is 6.54 Å². The molecule has 0 bridgehead atoms. The normalized spacial score (nSPS) is 11.3. The lowest BCUT2D eigenvalue weighted by molar-refractivity contribution is 0.0990. The fourth-order valence-corrected chi connectivity index (χ4v) is 1.89. The third-order valence-corrected chi connectivity index (χ3v) is 2.85. The van der Waals surface area contributed by atoms with Gasteiger partial charge in [0.25, 0.3) is 0 Å². The molecular formula is C13H15ClN2O. The Balaban J connectivity index is 2.29. The molecule has 0 amide bonds. The van der Waals surface area contributed by atoms with E-state index in [2.05, 4.69) is 10.3 Å². The van der Waals surface area contributed by atoms with Gasteiger partial charge in [0.15, 0.2) is 5.78 Å². The first-order valence-electron chi connectivity index (χ1n) is 5.61. The number of H-pyrrole nitrogens is 1. The summed E-state index contributed by atoms with van der Waals surface area (Å²) in [5, 5.41) is 4.64. The van der Waals surface area contributed by atoms with E-state index < -0.39 is 0 Å². The maximum atomic E-state index is 12.0. The van der Waals surface area contributed by atoms with Crippen molar-refractivity contribution in [2.24, 2.45) is 0 Å². The molecule has 90 valence electrons. The number of aromatic nitrogens is 1. The second kappa shape index (κ2) is 4.90. The van der Waals surface area contributed by atoms with Crippen molar-refractivity contribution < 1.29 is 4.79 Å². The fraction of sp³-hybridized carbons (Fsp3) is 0.308. The molecule has 2 rings (SSSR count). The molecule has 0 saturated heterocycles. The highest BCUT2D eigenvalue weighted by Crippen LogP contribution is 2.22. The van der Waals surface area contributed by atoms with Gasteiger partial charge >= 0.3 is 0 Å². The van der Waals surface area contributed by atoms with Crippen LogP contribution in [0, 0.1) is 0 Å². The number of halogens is 1. The van der Waals surface area contributed by atoms with Gasteiger partial charge < -0.3 is 10.3 Å². The van der Waals surface area contributed by atoms with E-state index in [9.17, 15) is 4.79 Å². The Bertz CT molecular complexity index is 545. The third kappa shape index (κ3) is 2.68. The van der Waals surface area contributed by atoms with Crippen LogP contribution in [0.4, 0.5) is 0 Å². The number of carbonyl (C=O) groups is 1. The minimum atomic E-state index is 0.0761. The van der Waals surface area contributed by atoms with Gasteiger partial charge in [-0.25, -0.2) is 0 Å². The molecule has 1 heterocycles. The summed E-state index contributed by atoms with van der Waals surface area (Å²) in [7, 11) is 0. The molecule has 4 heteroatoms. The van der Waals surface area contributed by atoms with E-state index >= 15 is 0 Å². The van der Waals surface area contributed by atoms with Crippen LogP contribution >= 0.6 is 11.6 Å². The topological polar surface area (TPSA) is 44.9 Å². The minimum absolute atomic E-state index is 0.0761. The summed E-state index contributed by atoms with van der Waals surface area (Å²) in [6.07, 6.45) is 1.74. The van der Waals surface area contributed by atoms with E-state index in [0.717, 1.165) is 10.9 Å². The molecule has 17 heavy (non-hydrogen) atoms. The van der Waals surface area contributed by atoms with Gasteiger partial charge in [-0.05, 0) is 18.2 Å². The quantitative estimate of drug-likeness (QED) is 0.820. The molecule has 0 fully saturated rings. The Morgan fingerprint density at radius 2 is 2.24 bits per heavy atom. The van der Waals surface area contributed by atoms with Crippen molar-refractivity contribution in [1.29, 1.82) is 0 Å². The van der Waals surface area contributed by atoms with Gasteiger partial charge in [-0.1, -0.05) is 25.4 Å². The smallest absolute Gasteiger partial charge is 0.178 e. The monoisotopic (exact) mass is 250 g/mol. The molecule has 0 aliphatic rings. The lowest BCUT2D eigenvalue weighted by Gasteiger charge is -2.06. The zero-order valence-corrected chi connectivity index (χ0v) is 10.6. The van der Waals surface area contributed by atoms with Gasteiger partial charge in [-0.15, -0.1) is 0 Å². The van der Waals surface area contributed by atoms with Crippen LogP contribution in [0.15, 0.2) is 24.4 Å². The number of rotatable bonds is 4. The number of Topliss-reactive ketones (excluding diaryl/α,β-unsaturated/α-hetero) is 1. The summed E-state index contributed by atoms with van der Waals surface area (Å²) in [5.74, 6) is 0.0761. The van der Waals surface area contributed by atoms with Crippen LogP contribution in [-0.4, -0.2) is 23.4 Å². The lowest BCUT2D eigenvalue weighted by Crippen LogP contribution is -2.29. The van der Waals surface area contributed by atoms with Crippen molar-refractivity contribution in [1.82, 2.24) is 10.3 Å². The van der Waals surface area contributed by atoms with Crippen LogP contribution in [0.3, 0.4) is 0 Å². The van der Waals surface area contributed by atoms with Crippen molar-refractivity contribution >= 4 is 28.3 Å². The highest BCUT2D eigenvalue weighted by Gasteiger charge is 2.12. The molecular weight excluding hydrogens is 236 g/mol. The van der Waals surface area contributed by atoms with Crippen molar-refractivity contribution in [3.63, 3.8) is 0 Å². The average molecular weight is 251 g/mol. The minimum Gasteiger partial charge on any atom is -0.360 e. The number of hydrogen-bond donors (Lipinski definition) is 2. The third-order valence-electron chi connectivity index (χ3n) is 2.62. The Kier molecular flexibility index (Phi) is 3.50. The second-order valence-corrected chi connectivity index (χ2v) is 4.79. The molecule has 0 radical (unpaired) electrons. The Hall–Kier alpha value is -1.32. The highest BCUT2D eigenvalue weighted by molar-refractivity contribution is 6.31. The van der Waals surface area contributed by atoms with E-state index in [0.29, 0.717) is 23.2 Å². The fourth-order valence-electron chi connectivity index (χ4n) is 1.72. The summed E-state index contributed by atoms with van der Waals surface area (Å²) in [5.41, 5.74) is 1.62. The number of fused-ring (bicyclic) bond motifs is 1. The average Bonchev–Trinajstić information content (AvgIpc) is 2.68. The van der Waals surface area contributed by atoms with Gasteiger partial charge in [0.05, 0.1) is 6.54 Å². The standard InChI is InChI=1S/C13H15ClN2O/c1-8(2)15-7-13(17)11-6-16-12-4-3-9(14)5-10(11)12/h3-6,8,15-16H,7H2,1-2H3. The Morgan fingerprint density at radius 3 is 2.94 bits per heavy atom. The van der Waals surface area contributed by atoms with E-state index in [1.165, 1.54) is 0 Å². The maximum absolute atomic E-state index is 12.0. The number of aromatic amines is 1. The number of hydrogen-bond acceptors (Lipinski definition) is 2. The number of ketones is 1. The zero-order chi connectivity index (χ0) is 12.4. The molecule has 0 saturated carbocycles.